The van der Waals surface area contributed by atoms with Gasteiger partial charge in [0.25, 0.3) is 6.33 Å². The Labute approximate surface area is 595 Å². The first-order valence-corrected chi connectivity index (χ1v) is 32.6. The van der Waals surface area contributed by atoms with Gasteiger partial charge in [0.15, 0.2) is 0 Å². The average Bonchev–Trinajstić information content (AvgIpc) is 1.23. The van der Waals surface area contributed by atoms with Crippen LogP contribution in [0.3, 0.4) is 0 Å². The number of nitrogens with zero attached hydrogens (tertiary/aromatic N) is 4. The molecule has 0 aliphatic carbocycles. The van der Waals surface area contributed by atoms with Crippen LogP contribution >= 0.6 is 0 Å². The minimum atomic E-state index is -5.58. The summed E-state index contributed by atoms with van der Waals surface area (Å²) in [6, 6.07) is 22.3. The smallest absolute Gasteiger partial charge is 0.268 e. The molecule has 3 aromatic heterocycles. The molecule has 0 radical (unpaired) electrons. The number of aromatic nitrogens is 4. The summed E-state index contributed by atoms with van der Waals surface area (Å²) < 4.78 is 232. The molecule has 0 N–H and O–H groups in total. The number of ether oxygens (including phenoxy) is 1. The molecule has 7 heteroatoms. The minimum Gasteiger partial charge on any atom is -0.510 e. The van der Waals surface area contributed by atoms with Crippen molar-refractivity contribution in [1.29, 1.82) is 0 Å². The van der Waals surface area contributed by atoms with Gasteiger partial charge in [0.2, 0.25) is 0 Å². The molecular weight excluding hydrogens is 1330 g/mol. The van der Waals surface area contributed by atoms with Crippen molar-refractivity contribution >= 4 is 56.5 Å². The Kier molecular flexibility index (Phi) is 10.2. The quantitative estimate of drug-likeness (QED) is 0.0560. The van der Waals surface area contributed by atoms with Gasteiger partial charge in [0.1, 0.15) is 13.9 Å². The van der Waals surface area contributed by atoms with E-state index in [1.807, 2.05) is 104 Å². The number of hydrogen-bond acceptors (Lipinski definition) is 2. The molecule has 93 heavy (non-hydrogen) atoms. The normalized spacial score (nSPS) is 15.8. The van der Waals surface area contributed by atoms with Gasteiger partial charge in [-0.15, -0.1) is 29.7 Å². The van der Waals surface area contributed by atoms with Crippen LogP contribution < -0.4 is 24.9 Å². The zero-order chi connectivity index (χ0) is 83.1. The molecule has 5 nitrogen and oxygen atoms in total. The first-order valence-electron chi connectivity index (χ1n) is 41.9. The summed E-state index contributed by atoms with van der Waals surface area (Å²) >= 11 is 0. The number of pyridine rings is 1. The van der Waals surface area contributed by atoms with E-state index in [-0.39, 0.29) is 105 Å². The van der Waals surface area contributed by atoms with Gasteiger partial charge in [-0.1, -0.05) is 273 Å². The molecule has 0 saturated heterocycles. The zero-order valence-electron chi connectivity index (χ0n) is 75.5. The van der Waals surface area contributed by atoms with Crippen LogP contribution in [-0.4, -0.2) is 22.2 Å². The van der Waals surface area contributed by atoms with E-state index in [1.54, 1.807) is 51.7 Å². The molecule has 15 rings (SSSR count). The number of rotatable bonds is 11. The third-order valence-corrected chi connectivity index (χ3v) is 21.7. The van der Waals surface area contributed by atoms with Crippen molar-refractivity contribution in [3.05, 3.63) is 301 Å². The average molecular weight is 1430 g/mol. The van der Waals surface area contributed by atoms with Gasteiger partial charge in [-0.3, -0.25) is 4.57 Å². The molecule has 0 unspecified atom stereocenters. The van der Waals surface area contributed by atoms with E-state index in [0.717, 1.165) is 27.4 Å². The molecule has 0 saturated carbocycles. The van der Waals surface area contributed by atoms with Gasteiger partial charge < -0.3 is 13.9 Å². The van der Waals surface area contributed by atoms with E-state index in [4.69, 9.17) is 13.8 Å². The molecule has 4 heterocycles. The van der Waals surface area contributed by atoms with Crippen LogP contribution in [0.15, 0.2) is 260 Å². The molecule has 0 atom stereocenters. The monoisotopic (exact) mass is 1420 g/mol. The van der Waals surface area contributed by atoms with Crippen molar-refractivity contribution in [2.75, 3.05) is 0 Å². The zero-order valence-corrected chi connectivity index (χ0v) is 55.7. The molecule has 460 valence electrons. The second kappa shape index (κ2) is 23.9. The summed E-state index contributed by atoms with van der Waals surface area (Å²) in [5.41, 5.74) is 4.02. The SMILES string of the molecule is [2H]c1c([2H])c([2H])c([Si](CCc2cc3c4c(c2)n(-c2[c-]c(Oc5[c-]c6c(cc5)c5ccccc5n6-c5cc(C(C)(C)C)ccn5)ccc2)[c-][n+]4-c2c(-c4ccc(C(C)(C)C)cc4)cc(C(C)(C)C)cc2-c2c([2H])c([2H])c([2H])c([2H])c2-c2c([2H])c([2H])c([2H])c([2H])c2-3)(c2c([2H])c([2H])c([2H])c([2H])c2[2H])c2c([2H])c([2H])c([2H])c([2H])c2[2H])c([2H])c1[2H].[Pt]. The molecule has 0 amide bonds. The maximum atomic E-state index is 10.3. The number of imidazole rings is 1. The van der Waals surface area contributed by atoms with Crippen LogP contribution in [0.1, 0.15) is 116 Å². The fourth-order valence-corrected chi connectivity index (χ4v) is 16.5. The summed E-state index contributed by atoms with van der Waals surface area (Å²) in [4.78, 5) is 4.87. The molecular formula is C86H74N4OPtSi-2. The van der Waals surface area contributed by atoms with Crippen molar-refractivity contribution in [3.63, 3.8) is 0 Å². The molecule has 1 aliphatic rings. The predicted molar refractivity (Wildman–Crippen MR) is 384 cm³/mol. The summed E-state index contributed by atoms with van der Waals surface area (Å²) in [6.45, 7) is 18.6. The molecule has 0 bridgehead atoms. The van der Waals surface area contributed by atoms with Gasteiger partial charge in [-0.2, -0.15) is 18.2 Å². The van der Waals surface area contributed by atoms with E-state index in [1.165, 1.54) is 0 Å². The van der Waals surface area contributed by atoms with Crippen molar-refractivity contribution in [1.82, 2.24) is 14.1 Å². The van der Waals surface area contributed by atoms with Gasteiger partial charge in [-0.25, -0.2) is 4.98 Å². The first kappa shape index (κ1) is 39.8. The van der Waals surface area contributed by atoms with E-state index < -0.39 is 180 Å². The topological polar surface area (TPSA) is 35.9 Å². The van der Waals surface area contributed by atoms with Crippen LogP contribution in [0.25, 0.3) is 94.5 Å². The summed E-state index contributed by atoms with van der Waals surface area (Å²) in [7, 11) is -5.58. The largest absolute Gasteiger partial charge is 0.510 e. The van der Waals surface area contributed by atoms with E-state index in [9.17, 15) is 27.4 Å². The molecule has 0 spiro atoms. The maximum Gasteiger partial charge on any atom is 0.268 e. The number of aryl methyl sites for hydroxylation is 1. The van der Waals surface area contributed by atoms with E-state index >= 15 is 0 Å². The maximum absolute atomic E-state index is 10.3. The Balaban J connectivity index is 0.0000111. The summed E-state index contributed by atoms with van der Waals surface area (Å²) in [6.07, 6.45) is 4.91. The van der Waals surface area contributed by atoms with E-state index in [0.29, 0.717) is 28.0 Å². The van der Waals surface area contributed by atoms with Crippen LogP contribution in [0.4, 0.5) is 0 Å². The van der Waals surface area contributed by atoms with Crippen molar-refractivity contribution in [2.24, 2.45) is 0 Å². The van der Waals surface area contributed by atoms with Crippen LogP contribution in [0.5, 0.6) is 11.5 Å². The first-order chi connectivity index (χ1) is 54.0. The van der Waals surface area contributed by atoms with E-state index in [2.05, 4.69) is 60.0 Å². The summed E-state index contributed by atoms with van der Waals surface area (Å²) in [5, 5.41) is -0.264. The van der Waals surface area contributed by atoms with Gasteiger partial charge in [0.05, 0.1) is 48.2 Å². The predicted octanol–water partition coefficient (Wildman–Crippen LogP) is 19.2. The second-order valence-corrected chi connectivity index (χ2v) is 30.1. The number of para-hydroxylation sites is 1. The van der Waals surface area contributed by atoms with Crippen molar-refractivity contribution in [2.45, 2.75) is 91.0 Å². The number of fused-ring (bicyclic) bond motifs is 10. The Hall–Kier alpha value is -9.45. The van der Waals surface area contributed by atoms with Crippen LogP contribution in [0, 0.1) is 18.5 Å². The van der Waals surface area contributed by atoms with Gasteiger partial charge in [0, 0.05) is 44.3 Å². The summed E-state index contributed by atoms with van der Waals surface area (Å²) in [5.74, 6) is 1.06. The standard InChI is InChI=1S/C86H74N4OSi.Pt/c1-84(2,3)60-42-40-59(41-43-60)75-52-62(86(7,8)9)53-77-72-37-22-20-35-70(72)69-34-19-21-36-71(69)76-50-58(47-49-92(66-28-13-10-14-29-66,67-30-15-11-16-31-67)68-32-17-12-18-33-68)51-80-83(76)89(82(75)77)57-88(80)63-26-25-27-64(55-63)91-65-44-45-74-73-38-23-24-39-78(73)90(79(74)56-65)81-54-61(46-48-87-81)85(4,5)6;/h10-46,48,50-54H,47,49H2,1-9H3;/q-2;/i10D,11D,12D,13D,14D,15D,16D,17D,18D,19D,20D,21D,22D,28D,29D,30D,31D,32D,33D,34D,35D,36D,37D;. The van der Waals surface area contributed by atoms with Crippen LogP contribution in [0.2, 0.25) is 6.04 Å². The Bertz CT molecular complexity index is 6320. The fraction of sp³-hybridized carbons (Fsp3) is 0.163. The Morgan fingerprint density at radius 3 is 1.66 bits per heavy atom. The Morgan fingerprint density at radius 1 is 0.484 bits per heavy atom. The van der Waals surface area contributed by atoms with Crippen LogP contribution in [-0.2, 0) is 43.7 Å². The molecule has 11 aromatic carbocycles. The third-order valence-electron chi connectivity index (χ3n) is 17.4. The molecule has 0 fully saturated rings. The number of benzene rings is 11. The van der Waals surface area contributed by atoms with Gasteiger partial charge in [-0.05, 0) is 141 Å². The Morgan fingerprint density at radius 2 is 1.04 bits per heavy atom. The van der Waals surface area contributed by atoms with Crippen molar-refractivity contribution in [3.8, 4) is 73.2 Å². The fourth-order valence-electron chi connectivity index (χ4n) is 12.6. The minimum absolute atomic E-state index is 0. The second-order valence-electron chi connectivity index (χ2n) is 26.3. The van der Waals surface area contributed by atoms with Gasteiger partial charge >= 0.3 is 0 Å². The third kappa shape index (κ3) is 11.0. The molecule has 14 aromatic rings. The van der Waals surface area contributed by atoms with Crippen molar-refractivity contribution < 1.29 is 61.9 Å². The number of hydrogen-bond donors (Lipinski definition) is 0. The molecule has 1 aliphatic heterocycles.